The molecule has 0 bridgehead atoms. The number of hydrogen-bond donors (Lipinski definition) is 5. The summed E-state index contributed by atoms with van der Waals surface area (Å²) in [7, 11) is 5.56. The van der Waals surface area contributed by atoms with Gasteiger partial charge in [0.1, 0.15) is 11.4 Å². The predicted molar refractivity (Wildman–Crippen MR) is 223 cm³/mol. The number of likely N-dealkylation sites (N-methyl/N-ethyl adjacent to an activating group) is 2. The summed E-state index contributed by atoms with van der Waals surface area (Å²) < 4.78 is 0. The minimum atomic E-state index is -1.11. The van der Waals surface area contributed by atoms with Crippen molar-refractivity contribution in [1.29, 1.82) is 0 Å². The lowest BCUT2D eigenvalue weighted by molar-refractivity contribution is -0.135. The van der Waals surface area contributed by atoms with Crippen LogP contribution in [0.4, 0.5) is 11.5 Å². The van der Waals surface area contributed by atoms with Gasteiger partial charge in [0.15, 0.2) is 0 Å². The largest absolute Gasteiger partial charge is 0.353 e. The van der Waals surface area contributed by atoms with Gasteiger partial charge in [-0.05, 0) is 76.7 Å². The van der Waals surface area contributed by atoms with E-state index >= 15 is 0 Å². The van der Waals surface area contributed by atoms with E-state index in [1.807, 2.05) is 79.7 Å². The number of hydrogen-bond acceptors (Lipinski definition) is 7. The van der Waals surface area contributed by atoms with Gasteiger partial charge in [-0.3, -0.25) is 28.9 Å². The number of nitrogens with zero attached hydrogens (tertiary/aromatic N) is 3. The molecule has 0 aliphatic carbocycles. The second kappa shape index (κ2) is 20.4. The van der Waals surface area contributed by atoms with E-state index in [1.54, 1.807) is 44.0 Å². The normalized spacial score (nSPS) is 11.5. The van der Waals surface area contributed by atoms with Gasteiger partial charge in [-0.15, -0.1) is 0 Å². The Morgan fingerprint density at radius 3 is 2.16 bits per heavy atom. The molecular formula is C43H58N8O5. The highest BCUT2D eigenvalue weighted by Crippen LogP contribution is 2.28. The minimum absolute atomic E-state index is 0.0226. The quantitative estimate of drug-likeness (QED) is 0.0798. The van der Waals surface area contributed by atoms with Crippen LogP contribution < -0.4 is 21.3 Å². The maximum absolute atomic E-state index is 13.7. The van der Waals surface area contributed by atoms with Crippen molar-refractivity contribution >= 4 is 51.9 Å². The van der Waals surface area contributed by atoms with Crippen LogP contribution in [0.5, 0.6) is 0 Å². The standard InChI is InChI=1S/C43H58N8O5/c1-8-33(9-2)51(27-26-50(7)37(53)23-22-36(52)48-43(3,4)42(56)44-24-25-49(5)6)29-30-16-15-17-31(28-30)40(54)47-39-38(34-20-13-14-21-35(34)46-39)41(55)45-32-18-11-10-12-19-32/h10-21,28,33,46H,8-9,22-27,29H2,1-7H3,(H,44,56)(H,45,55)(H,47,54)(H,48,52). The molecule has 1 heterocycles. The lowest BCUT2D eigenvalue weighted by Gasteiger charge is -2.32. The number of aromatic nitrogens is 1. The molecule has 56 heavy (non-hydrogen) atoms. The van der Waals surface area contributed by atoms with Gasteiger partial charge in [-0.1, -0.05) is 62.4 Å². The molecule has 0 fully saturated rings. The molecule has 0 radical (unpaired) electrons. The molecule has 4 aromatic rings. The topological polar surface area (TPSA) is 159 Å². The van der Waals surface area contributed by atoms with E-state index in [0.29, 0.717) is 60.7 Å². The Hall–Kier alpha value is -5.53. The molecule has 0 aliphatic heterocycles. The molecule has 0 saturated carbocycles. The highest BCUT2D eigenvalue weighted by atomic mass is 16.2. The number of anilines is 2. The second-order valence-corrected chi connectivity index (χ2v) is 14.9. The highest BCUT2D eigenvalue weighted by Gasteiger charge is 2.29. The molecule has 0 saturated heterocycles. The number of rotatable bonds is 20. The molecule has 300 valence electrons. The Balaban J connectivity index is 1.37. The molecule has 0 aliphatic rings. The number of benzene rings is 3. The first-order valence-electron chi connectivity index (χ1n) is 19.3. The van der Waals surface area contributed by atoms with Gasteiger partial charge in [0.05, 0.1) is 5.56 Å². The SMILES string of the molecule is CCC(CC)N(CCN(C)C(=O)CCC(=O)NC(C)(C)C(=O)NCCN(C)C)Cc1cccc(C(=O)Nc2[nH]c3ccccc3c2C(=O)Nc2ccccc2)c1. The van der Waals surface area contributed by atoms with Crippen LogP contribution in [0.1, 0.15) is 79.7 Å². The summed E-state index contributed by atoms with van der Waals surface area (Å²) >= 11 is 0. The van der Waals surface area contributed by atoms with Crippen molar-refractivity contribution in [2.75, 3.05) is 58.0 Å². The molecule has 13 heteroatoms. The number of amides is 5. The van der Waals surface area contributed by atoms with Crippen molar-refractivity contribution in [2.45, 2.75) is 71.5 Å². The lowest BCUT2D eigenvalue weighted by Crippen LogP contribution is -2.55. The van der Waals surface area contributed by atoms with Crippen LogP contribution >= 0.6 is 0 Å². The van der Waals surface area contributed by atoms with E-state index in [2.05, 4.69) is 45.0 Å². The first-order valence-corrected chi connectivity index (χ1v) is 19.3. The smallest absolute Gasteiger partial charge is 0.260 e. The third-order valence-electron chi connectivity index (χ3n) is 9.82. The first-order chi connectivity index (χ1) is 26.7. The average Bonchev–Trinajstić information content (AvgIpc) is 3.54. The van der Waals surface area contributed by atoms with E-state index in [-0.39, 0.29) is 48.4 Å². The van der Waals surface area contributed by atoms with Crippen molar-refractivity contribution in [3.8, 4) is 0 Å². The van der Waals surface area contributed by atoms with E-state index < -0.39 is 5.54 Å². The Morgan fingerprint density at radius 2 is 1.46 bits per heavy atom. The van der Waals surface area contributed by atoms with Crippen LogP contribution in [0.2, 0.25) is 0 Å². The number of para-hydroxylation sites is 2. The number of fused-ring (bicyclic) bond motifs is 1. The average molecular weight is 767 g/mol. The van der Waals surface area contributed by atoms with Crippen molar-refractivity contribution < 1.29 is 24.0 Å². The van der Waals surface area contributed by atoms with Gasteiger partial charge < -0.3 is 36.1 Å². The zero-order valence-corrected chi connectivity index (χ0v) is 33.8. The van der Waals surface area contributed by atoms with Crippen LogP contribution in [0, 0.1) is 0 Å². The summed E-state index contributed by atoms with van der Waals surface area (Å²) in [5, 5.41) is 12.2. The van der Waals surface area contributed by atoms with Gasteiger partial charge in [-0.2, -0.15) is 0 Å². The number of aromatic amines is 1. The molecule has 5 amide bonds. The molecule has 0 unspecified atom stereocenters. The van der Waals surface area contributed by atoms with E-state index in [0.717, 1.165) is 23.9 Å². The monoisotopic (exact) mass is 766 g/mol. The van der Waals surface area contributed by atoms with Crippen molar-refractivity contribution in [3.63, 3.8) is 0 Å². The third kappa shape index (κ3) is 12.2. The second-order valence-electron chi connectivity index (χ2n) is 14.9. The zero-order chi connectivity index (χ0) is 40.8. The Bertz CT molecular complexity index is 1950. The Morgan fingerprint density at radius 1 is 0.768 bits per heavy atom. The molecule has 4 rings (SSSR count). The van der Waals surface area contributed by atoms with E-state index in [1.165, 1.54) is 0 Å². The maximum atomic E-state index is 13.7. The molecule has 1 aromatic heterocycles. The fraction of sp³-hybridized carbons (Fsp3) is 0.419. The van der Waals surface area contributed by atoms with Gasteiger partial charge in [0.2, 0.25) is 17.7 Å². The Kier molecular flexibility index (Phi) is 15.7. The summed E-state index contributed by atoms with van der Waals surface area (Å²) in [5.74, 6) is -1.20. The zero-order valence-electron chi connectivity index (χ0n) is 33.8. The van der Waals surface area contributed by atoms with Gasteiger partial charge >= 0.3 is 0 Å². The fourth-order valence-corrected chi connectivity index (χ4v) is 6.51. The fourth-order valence-electron chi connectivity index (χ4n) is 6.51. The summed E-state index contributed by atoms with van der Waals surface area (Å²) in [6.45, 7) is 10.3. The first kappa shape index (κ1) is 43.2. The summed E-state index contributed by atoms with van der Waals surface area (Å²) in [6.07, 6.45) is 1.80. The number of H-pyrrole nitrogens is 1. The van der Waals surface area contributed by atoms with Gasteiger partial charge in [0.25, 0.3) is 11.8 Å². The third-order valence-corrected chi connectivity index (χ3v) is 9.82. The maximum Gasteiger partial charge on any atom is 0.260 e. The van der Waals surface area contributed by atoms with Gasteiger partial charge in [0, 0.05) is 80.8 Å². The van der Waals surface area contributed by atoms with Crippen molar-refractivity contribution in [3.05, 3.63) is 95.6 Å². The molecular weight excluding hydrogens is 709 g/mol. The summed E-state index contributed by atoms with van der Waals surface area (Å²) in [4.78, 5) is 74.7. The lowest BCUT2D eigenvalue weighted by atomic mass is 10.0. The van der Waals surface area contributed by atoms with E-state index in [9.17, 15) is 24.0 Å². The Labute approximate surface area is 330 Å². The molecule has 0 spiro atoms. The number of nitrogens with one attached hydrogen (secondary N) is 5. The number of carbonyl (C=O) groups excluding carboxylic acids is 5. The summed E-state index contributed by atoms with van der Waals surface area (Å²) in [6, 6.07) is 24.2. The minimum Gasteiger partial charge on any atom is -0.353 e. The van der Waals surface area contributed by atoms with Crippen molar-refractivity contribution in [2.24, 2.45) is 0 Å². The van der Waals surface area contributed by atoms with Crippen LogP contribution in [-0.2, 0) is 20.9 Å². The van der Waals surface area contributed by atoms with Crippen LogP contribution in [0.3, 0.4) is 0 Å². The highest BCUT2D eigenvalue weighted by molar-refractivity contribution is 6.19. The van der Waals surface area contributed by atoms with Crippen LogP contribution in [0.15, 0.2) is 78.9 Å². The van der Waals surface area contributed by atoms with Gasteiger partial charge in [-0.25, -0.2) is 0 Å². The van der Waals surface area contributed by atoms with E-state index in [4.69, 9.17) is 0 Å². The predicted octanol–water partition coefficient (Wildman–Crippen LogP) is 5.47. The van der Waals surface area contributed by atoms with Crippen LogP contribution in [0.25, 0.3) is 10.9 Å². The van der Waals surface area contributed by atoms with Crippen molar-refractivity contribution in [1.82, 2.24) is 30.3 Å². The van der Waals surface area contributed by atoms with Crippen LogP contribution in [-0.4, -0.2) is 108 Å². The number of carbonyl (C=O) groups is 5. The molecule has 5 N–H and O–H groups in total. The molecule has 0 atom stereocenters. The molecule has 13 nitrogen and oxygen atoms in total. The summed E-state index contributed by atoms with van der Waals surface area (Å²) in [5.41, 5.74) is 1.98. The molecule has 3 aromatic carbocycles.